The third-order valence-electron chi connectivity index (χ3n) is 4.51. The summed E-state index contributed by atoms with van der Waals surface area (Å²) in [7, 11) is 0. The quantitative estimate of drug-likeness (QED) is 0.744. The van der Waals surface area contributed by atoms with E-state index in [2.05, 4.69) is 10.2 Å². The van der Waals surface area contributed by atoms with E-state index in [1.54, 1.807) is 6.07 Å². The second-order valence-corrected chi connectivity index (χ2v) is 5.64. The third kappa shape index (κ3) is 3.75. The van der Waals surface area contributed by atoms with Gasteiger partial charge in [0.15, 0.2) is 11.5 Å². The Morgan fingerprint density at radius 2 is 1.76 bits per heavy atom. The van der Waals surface area contributed by atoms with Crippen molar-refractivity contribution in [3.05, 3.63) is 23.8 Å². The minimum atomic E-state index is -0.00282. The van der Waals surface area contributed by atoms with Crippen molar-refractivity contribution in [3.63, 3.8) is 0 Å². The summed E-state index contributed by atoms with van der Waals surface area (Å²) in [4.78, 5) is 2.45. The van der Waals surface area contributed by atoms with Crippen LogP contribution in [-0.2, 0) is 0 Å². The first-order valence-electron chi connectivity index (χ1n) is 7.23. The summed E-state index contributed by atoms with van der Waals surface area (Å²) in [5, 5.41) is 23.3. The van der Waals surface area contributed by atoms with Gasteiger partial charge in [0.1, 0.15) is 0 Å². The lowest BCUT2D eigenvalue weighted by molar-refractivity contribution is 0.0816. The molecule has 0 radical (unpaired) electrons. The smallest absolute Gasteiger partial charge is 0.162 e. The highest BCUT2D eigenvalue weighted by Crippen LogP contribution is 2.45. The number of nitrogens with zero attached hydrogens (tertiary/aromatic N) is 1. The third-order valence-corrected chi connectivity index (χ3v) is 4.51. The average Bonchev–Trinajstić information content (AvgIpc) is 2.38. The Bertz CT molecular complexity index is 449. The predicted molar refractivity (Wildman–Crippen MR) is 88.8 cm³/mol. The molecule has 2 fully saturated rings. The van der Waals surface area contributed by atoms with E-state index in [0.717, 1.165) is 31.7 Å². The van der Waals surface area contributed by atoms with Gasteiger partial charge in [-0.05, 0) is 24.8 Å². The zero-order valence-electron chi connectivity index (χ0n) is 12.0. The Kier molecular flexibility index (Phi) is 7.07. The molecule has 1 saturated carbocycles. The molecule has 0 spiro atoms. The maximum atomic E-state index is 10.2. The normalized spacial score (nSPS) is 20.8. The lowest BCUT2D eigenvalue weighted by Crippen LogP contribution is -2.47. The minimum Gasteiger partial charge on any atom is -0.504 e. The molecule has 1 saturated heterocycles. The topological polar surface area (TPSA) is 55.7 Å². The van der Waals surface area contributed by atoms with Gasteiger partial charge in [-0.25, -0.2) is 0 Å². The number of aromatic hydroxyl groups is 2. The molecule has 0 amide bonds. The van der Waals surface area contributed by atoms with Crippen molar-refractivity contribution in [1.29, 1.82) is 0 Å². The van der Waals surface area contributed by atoms with Crippen molar-refractivity contribution in [2.75, 3.05) is 26.2 Å². The standard InChI is InChI=1S/C15H22N2O2.2ClH/c18-13-6-2-5-12(15(13)19)14(11-3-1-4-11)17-9-7-16-8-10-17;;/h2,5-6,11,14,16,18-19H,1,3-4,7-10H2;2*1H/t14-;;/m1../s1. The molecule has 1 heterocycles. The van der Waals surface area contributed by atoms with Crippen LogP contribution in [0.1, 0.15) is 30.9 Å². The van der Waals surface area contributed by atoms with Gasteiger partial charge in [-0.1, -0.05) is 18.6 Å². The molecule has 0 bridgehead atoms. The fourth-order valence-electron chi connectivity index (χ4n) is 3.25. The van der Waals surface area contributed by atoms with Gasteiger partial charge in [0.2, 0.25) is 0 Å². The molecule has 0 unspecified atom stereocenters. The van der Waals surface area contributed by atoms with Crippen molar-refractivity contribution in [1.82, 2.24) is 10.2 Å². The maximum absolute atomic E-state index is 10.2. The first-order chi connectivity index (χ1) is 9.27. The molecule has 1 aliphatic carbocycles. The summed E-state index contributed by atoms with van der Waals surface area (Å²) in [5.74, 6) is 0.681. The van der Waals surface area contributed by atoms with Crippen LogP contribution >= 0.6 is 24.8 Å². The second-order valence-electron chi connectivity index (χ2n) is 5.64. The first kappa shape index (κ1) is 18.4. The van der Waals surface area contributed by atoms with Crippen LogP contribution in [0.15, 0.2) is 18.2 Å². The van der Waals surface area contributed by atoms with Crippen LogP contribution in [0.25, 0.3) is 0 Å². The maximum Gasteiger partial charge on any atom is 0.162 e. The highest BCUT2D eigenvalue weighted by atomic mass is 35.5. The van der Waals surface area contributed by atoms with E-state index >= 15 is 0 Å². The number of para-hydroxylation sites is 1. The van der Waals surface area contributed by atoms with Crippen LogP contribution in [0.3, 0.4) is 0 Å². The molecule has 1 atom stereocenters. The molecular weight excluding hydrogens is 311 g/mol. The van der Waals surface area contributed by atoms with Crippen molar-refractivity contribution in [3.8, 4) is 11.5 Å². The van der Waals surface area contributed by atoms with Crippen LogP contribution in [0, 0.1) is 5.92 Å². The fraction of sp³-hybridized carbons (Fsp3) is 0.600. The van der Waals surface area contributed by atoms with Crippen molar-refractivity contribution in [2.45, 2.75) is 25.3 Å². The van der Waals surface area contributed by atoms with Gasteiger partial charge in [-0.2, -0.15) is 0 Å². The Hall–Kier alpha value is -0.680. The van der Waals surface area contributed by atoms with Crippen molar-refractivity contribution >= 4 is 24.8 Å². The summed E-state index contributed by atoms with van der Waals surface area (Å²) in [6.45, 7) is 4.03. The van der Waals surface area contributed by atoms with E-state index < -0.39 is 0 Å². The van der Waals surface area contributed by atoms with Gasteiger partial charge in [-0.15, -0.1) is 24.8 Å². The zero-order chi connectivity index (χ0) is 13.2. The van der Waals surface area contributed by atoms with Gasteiger partial charge in [0.25, 0.3) is 0 Å². The number of rotatable bonds is 3. The molecule has 3 rings (SSSR count). The number of hydrogen-bond donors (Lipinski definition) is 3. The number of phenols is 2. The minimum absolute atomic E-state index is 0. The molecule has 2 aliphatic rings. The molecule has 1 aromatic carbocycles. The molecule has 1 aliphatic heterocycles. The number of halogens is 2. The van der Waals surface area contributed by atoms with Gasteiger partial charge in [0.05, 0.1) is 0 Å². The Morgan fingerprint density at radius 3 is 2.33 bits per heavy atom. The molecule has 120 valence electrons. The lowest BCUT2D eigenvalue weighted by atomic mass is 9.76. The summed E-state index contributed by atoms with van der Waals surface area (Å²) >= 11 is 0. The van der Waals surface area contributed by atoms with Gasteiger partial charge in [-0.3, -0.25) is 4.90 Å². The summed E-state index contributed by atoms with van der Waals surface area (Å²) in [6.07, 6.45) is 3.74. The Labute approximate surface area is 138 Å². The average molecular weight is 335 g/mol. The number of piperazine rings is 1. The highest BCUT2D eigenvalue weighted by Gasteiger charge is 2.35. The predicted octanol–water partition coefficient (Wildman–Crippen LogP) is 2.69. The van der Waals surface area contributed by atoms with E-state index in [4.69, 9.17) is 0 Å². The van der Waals surface area contributed by atoms with E-state index in [1.807, 2.05) is 12.1 Å². The number of benzene rings is 1. The fourth-order valence-corrected chi connectivity index (χ4v) is 3.25. The van der Waals surface area contributed by atoms with Crippen LogP contribution in [0.2, 0.25) is 0 Å². The largest absolute Gasteiger partial charge is 0.504 e. The highest BCUT2D eigenvalue weighted by molar-refractivity contribution is 5.85. The van der Waals surface area contributed by atoms with Gasteiger partial charge >= 0.3 is 0 Å². The SMILES string of the molecule is Cl.Cl.Oc1cccc([C@@H](C2CCC2)N2CCNCC2)c1O. The van der Waals surface area contributed by atoms with Crippen LogP contribution < -0.4 is 5.32 Å². The zero-order valence-corrected chi connectivity index (χ0v) is 13.6. The summed E-state index contributed by atoms with van der Waals surface area (Å²) < 4.78 is 0. The van der Waals surface area contributed by atoms with Gasteiger partial charge < -0.3 is 15.5 Å². The lowest BCUT2D eigenvalue weighted by Gasteiger charge is -2.43. The Morgan fingerprint density at radius 1 is 1.10 bits per heavy atom. The summed E-state index contributed by atoms with van der Waals surface area (Å²) in [5.41, 5.74) is 0.895. The van der Waals surface area contributed by atoms with E-state index in [0.29, 0.717) is 5.92 Å². The number of hydrogen-bond acceptors (Lipinski definition) is 4. The monoisotopic (exact) mass is 334 g/mol. The van der Waals surface area contributed by atoms with Crippen molar-refractivity contribution in [2.24, 2.45) is 5.92 Å². The first-order valence-corrected chi connectivity index (χ1v) is 7.23. The summed E-state index contributed by atoms with van der Waals surface area (Å²) in [6, 6.07) is 5.59. The number of nitrogens with one attached hydrogen (secondary N) is 1. The van der Waals surface area contributed by atoms with E-state index in [1.165, 1.54) is 19.3 Å². The molecule has 3 N–H and O–H groups in total. The molecule has 21 heavy (non-hydrogen) atoms. The number of phenolic OH excluding ortho intramolecular Hbond substituents is 2. The van der Waals surface area contributed by atoms with Gasteiger partial charge in [0, 0.05) is 37.8 Å². The molecule has 1 aromatic rings. The molecule has 4 nitrogen and oxygen atoms in total. The van der Waals surface area contributed by atoms with Crippen molar-refractivity contribution < 1.29 is 10.2 Å². The van der Waals surface area contributed by atoms with Crippen LogP contribution in [0.4, 0.5) is 0 Å². The molecule has 6 heteroatoms. The van der Waals surface area contributed by atoms with Crippen LogP contribution in [0.5, 0.6) is 11.5 Å². The van der Waals surface area contributed by atoms with Crippen LogP contribution in [-0.4, -0.2) is 41.3 Å². The molecule has 0 aromatic heterocycles. The Balaban J connectivity index is 0.00000110. The second kappa shape index (κ2) is 8.08. The van der Waals surface area contributed by atoms with E-state index in [-0.39, 0.29) is 42.4 Å². The van der Waals surface area contributed by atoms with E-state index in [9.17, 15) is 10.2 Å². The molecular formula is C15H24Cl2N2O2.